The zero-order valence-corrected chi connectivity index (χ0v) is 14.8. The molecule has 0 heterocycles. The second kappa shape index (κ2) is 7.51. The van der Waals surface area contributed by atoms with Crippen LogP contribution >= 0.6 is 27.5 Å². The van der Waals surface area contributed by atoms with Gasteiger partial charge in [-0.2, -0.15) is 0 Å². The molecule has 0 saturated heterocycles. The first-order valence-corrected chi connectivity index (χ1v) is 8.38. The van der Waals surface area contributed by atoms with Gasteiger partial charge in [0.1, 0.15) is 11.5 Å². The van der Waals surface area contributed by atoms with Gasteiger partial charge in [-0.15, -0.1) is 0 Å². The minimum atomic E-state index is -0.248. The van der Waals surface area contributed by atoms with Crippen LogP contribution < -0.4 is 10.1 Å². The van der Waals surface area contributed by atoms with Crippen LogP contribution in [0, 0.1) is 0 Å². The number of carbonyl (C=O) groups is 1. The molecule has 0 atom stereocenters. The summed E-state index contributed by atoms with van der Waals surface area (Å²) in [5, 5.41) is 3.23. The first kappa shape index (κ1) is 16.6. The van der Waals surface area contributed by atoms with Crippen LogP contribution in [0.5, 0.6) is 11.5 Å². The molecule has 0 unspecified atom stereocenters. The van der Waals surface area contributed by atoms with Gasteiger partial charge in [0.2, 0.25) is 0 Å². The highest BCUT2D eigenvalue weighted by Gasteiger charge is 2.09. The monoisotopic (exact) mass is 401 g/mol. The van der Waals surface area contributed by atoms with E-state index in [9.17, 15) is 4.79 Å². The van der Waals surface area contributed by atoms with Gasteiger partial charge in [0.25, 0.3) is 5.91 Å². The highest BCUT2D eigenvalue weighted by Crippen LogP contribution is 2.25. The molecule has 0 radical (unpaired) electrons. The molecule has 0 spiro atoms. The van der Waals surface area contributed by atoms with Gasteiger partial charge in [0, 0.05) is 10.2 Å². The number of hydrogen-bond donors (Lipinski definition) is 1. The minimum absolute atomic E-state index is 0.248. The molecule has 0 aliphatic carbocycles. The minimum Gasteiger partial charge on any atom is -0.457 e. The Labute approximate surface area is 153 Å². The van der Waals surface area contributed by atoms with Crippen molar-refractivity contribution in [3.8, 4) is 11.5 Å². The van der Waals surface area contributed by atoms with Crippen LogP contribution in [0.2, 0.25) is 5.02 Å². The SMILES string of the molecule is O=C(Nc1ccc(Oc2ccc(Br)cc2)cc1)c1ccccc1Cl. The Morgan fingerprint density at radius 3 is 2.08 bits per heavy atom. The molecule has 0 bridgehead atoms. The molecule has 0 aromatic heterocycles. The zero-order chi connectivity index (χ0) is 16.9. The molecular formula is C19H13BrClNO2. The highest BCUT2D eigenvalue weighted by molar-refractivity contribution is 9.10. The van der Waals surface area contributed by atoms with Crippen molar-refractivity contribution in [1.82, 2.24) is 0 Å². The third-order valence-corrected chi connectivity index (χ3v) is 4.14. The largest absolute Gasteiger partial charge is 0.457 e. The summed E-state index contributed by atoms with van der Waals surface area (Å²) in [5.41, 5.74) is 1.11. The Bertz CT molecular complexity index is 848. The van der Waals surface area contributed by atoms with Crippen LogP contribution in [0.1, 0.15) is 10.4 Å². The number of benzene rings is 3. The molecule has 3 aromatic rings. The Kier molecular flexibility index (Phi) is 5.18. The summed E-state index contributed by atoms with van der Waals surface area (Å²) in [6.45, 7) is 0. The Hall–Kier alpha value is -2.30. The summed E-state index contributed by atoms with van der Waals surface area (Å²) in [6, 6.07) is 21.6. The van der Waals surface area contributed by atoms with Crippen LogP contribution in [0.4, 0.5) is 5.69 Å². The first-order valence-electron chi connectivity index (χ1n) is 7.21. The van der Waals surface area contributed by atoms with E-state index in [1.807, 2.05) is 24.3 Å². The van der Waals surface area contributed by atoms with E-state index in [2.05, 4.69) is 21.2 Å². The second-order valence-electron chi connectivity index (χ2n) is 5.01. The van der Waals surface area contributed by atoms with E-state index >= 15 is 0 Å². The van der Waals surface area contributed by atoms with Crippen LogP contribution in [-0.4, -0.2) is 5.91 Å². The summed E-state index contributed by atoms with van der Waals surface area (Å²) in [6.07, 6.45) is 0. The molecule has 0 fully saturated rings. The summed E-state index contributed by atoms with van der Waals surface area (Å²) in [4.78, 5) is 12.2. The molecule has 3 nitrogen and oxygen atoms in total. The van der Waals surface area contributed by atoms with Gasteiger partial charge >= 0.3 is 0 Å². The number of ether oxygens (including phenoxy) is 1. The van der Waals surface area contributed by atoms with Crippen LogP contribution in [0.3, 0.4) is 0 Å². The van der Waals surface area contributed by atoms with E-state index in [4.69, 9.17) is 16.3 Å². The van der Waals surface area contributed by atoms with Gasteiger partial charge < -0.3 is 10.1 Å². The number of halogens is 2. The van der Waals surface area contributed by atoms with E-state index in [1.54, 1.807) is 48.5 Å². The van der Waals surface area contributed by atoms with Crippen molar-refractivity contribution in [2.45, 2.75) is 0 Å². The maximum Gasteiger partial charge on any atom is 0.257 e. The smallest absolute Gasteiger partial charge is 0.257 e. The Morgan fingerprint density at radius 1 is 0.875 bits per heavy atom. The number of anilines is 1. The van der Waals surface area contributed by atoms with Crippen molar-refractivity contribution in [2.24, 2.45) is 0 Å². The second-order valence-corrected chi connectivity index (χ2v) is 6.34. The van der Waals surface area contributed by atoms with Crippen LogP contribution in [0.25, 0.3) is 0 Å². The van der Waals surface area contributed by atoms with E-state index in [0.717, 1.165) is 10.2 Å². The lowest BCUT2D eigenvalue weighted by Gasteiger charge is -2.09. The average molecular weight is 403 g/mol. The lowest BCUT2D eigenvalue weighted by molar-refractivity contribution is 0.102. The summed E-state index contributed by atoms with van der Waals surface area (Å²) in [7, 11) is 0. The van der Waals surface area contributed by atoms with Gasteiger partial charge in [-0.1, -0.05) is 39.7 Å². The quantitative estimate of drug-likeness (QED) is 0.568. The van der Waals surface area contributed by atoms with Gasteiger partial charge in [-0.05, 0) is 60.7 Å². The molecule has 0 aliphatic heterocycles. The van der Waals surface area contributed by atoms with E-state index in [0.29, 0.717) is 22.0 Å². The van der Waals surface area contributed by atoms with Crippen LogP contribution in [0.15, 0.2) is 77.3 Å². The fourth-order valence-electron chi connectivity index (χ4n) is 2.09. The van der Waals surface area contributed by atoms with Crippen LogP contribution in [-0.2, 0) is 0 Å². The summed E-state index contributed by atoms with van der Waals surface area (Å²) < 4.78 is 6.74. The lowest BCUT2D eigenvalue weighted by Crippen LogP contribution is -2.12. The van der Waals surface area contributed by atoms with Crippen molar-refractivity contribution in [2.75, 3.05) is 5.32 Å². The van der Waals surface area contributed by atoms with Crippen molar-refractivity contribution in [3.05, 3.63) is 87.9 Å². The normalized spacial score (nSPS) is 10.2. The molecule has 0 aliphatic rings. The fraction of sp³-hybridized carbons (Fsp3) is 0. The van der Waals surface area contributed by atoms with Crippen molar-refractivity contribution in [1.29, 1.82) is 0 Å². The molecule has 1 amide bonds. The molecule has 1 N–H and O–H groups in total. The first-order chi connectivity index (χ1) is 11.6. The Balaban J connectivity index is 1.67. The maximum atomic E-state index is 12.2. The number of hydrogen-bond acceptors (Lipinski definition) is 2. The third-order valence-electron chi connectivity index (χ3n) is 3.28. The summed E-state index contributed by atoms with van der Waals surface area (Å²) >= 11 is 9.41. The van der Waals surface area contributed by atoms with E-state index in [1.165, 1.54) is 0 Å². The van der Waals surface area contributed by atoms with E-state index < -0.39 is 0 Å². The predicted molar refractivity (Wildman–Crippen MR) is 100 cm³/mol. The van der Waals surface area contributed by atoms with Gasteiger partial charge in [-0.25, -0.2) is 0 Å². The summed E-state index contributed by atoms with van der Waals surface area (Å²) in [5.74, 6) is 1.18. The molecular weight excluding hydrogens is 390 g/mol. The third kappa shape index (κ3) is 4.16. The van der Waals surface area contributed by atoms with Crippen molar-refractivity contribution >= 4 is 39.1 Å². The fourth-order valence-corrected chi connectivity index (χ4v) is 2.57. The molecule has 5 heteroatoms. The van der Waals surface area contributed by atoms with Crippen molar-refractivity contribution in [3.63, 3.8) is 0 Å². The van der Waals surface area contributed by atoms with Crippen molar-refractivity contribution < 1.29 is 9.53 Å². The van der Waals surface area contributed by atoms with Gasteiger partial charge in [0.05, 0.1) is 10.6 Å². The zero-order valence-electron chi connectivity index (χ0n) is 12.5. The molecule has 120 valence electrons. The maximum absolute atomic E-state index is 12.2. The van der Waals surface area contributed by atoms with Gasteiger partial charge in [-0.3, -0.25) is 4.79 Å². The Morgan fingerprint density at radius 2 is 1.46 bits per heavy atom. The number of rotatable bonds is 4. The lowest BCUT2D eigenvalue weighted by atomic mass is 10.2. The number of amides is 1. The number of nitrogens with one attached hydrogen (secondary N) is 1. The topological polar surface area (TPSA) is 38.3 Å². The average Bonchev–Trinajstić information content (AvgIpc) is 2.59. The molecule has 3 aromatic carbocycles. The predicted octanol–water partition coefficient (Wildman–Crippen LogP) is 6.15. The number of carbonyl (C=O) groups excluding carboxylic acids is 1. The molecule has 3 rings (SSSR count). The highest BCUT2D eigenvalue weighted by atomic mass is 79.9. The molecule has 0 saturated carbocycles. The standard InChI is InChI=1S/C19H13BrClNO2/c20-13-5-9-15(10-6-13)24-16-11-7-14(8-12-16)22-19(23)17-3-1-2-4-18(17)21/h1-12H,(H,22,23). The molecule has 24 heavy (non-hydrogen) atoms. The van der Waals surface area contributed by atoms with Gasteiger partial charge in [0.15, 0.2) is 0 Å². The van der Waals surface area contributed by atoms with E-state index in [-0.39, 0.29) is 5.91 Å².